The average Bonchev–Trinajstić information content (AvgIpc) is 2.12. The smallest absolute Gasteiger partial charge is 0.411 e. The second kappa shape index (κ2) is 6.28. The number of carbonyl (C=O) groups excluding carboxylic acids is 1. The Hall–Kier alpha value is 0.290. The lowest BCUT2D eigenvalue weighted by Gasteiger charge is -2.22. The number of amides is 1. The lowest BCUT2D eigenvalue weighted by molar-refractivity contribution is 0.0929. The minimum absolute atomic E-state index is 0.185. The molecule has 0 aliphatic heterocycles. The van der Waals surface area contributed by atoms with E-state index in [1.165, 1.54) is 7.05 Å². The van der Waals surface area contributed by atoms with Gasteiger partial charge in [-0.05, 0) is 0 Å². The summed E-state index contributed by atoms with van der Waals surface area (Å²) in [6, 6.07) is 0. The summed E-state index contributed by atoms with van der Waals surface area (Å²) in [7, 11) is -2.87. The zero-order valence-corrected chi connectivity index (χ0v) is 11.4. The van der Waals surface area contributed by atoms with Crippen molar-refractivity contribution in [1.29, 1.82) is 0 Å². The number of halogens is 3. The van der Waals surface area contributed by atoms with Crippen LogP contribution in [-0.2, 0) is 9.30 Å². The molecule has 0 aliphatic rings. The summed E-state index contributed by atoms with van der Waals surface area (Å²) in [6.07, 6.45) is -1.39. The van der Waals surface area contributed by atoms with Gasteiger partial charge in [0.1, 0.15) is 0 Å². The Morgan fingerprint density at radius 2 is 2.00 bits per heavy atom. The maximum Gasteiger partial charge on any atom is 0.412 e. The highest BCUT2D eigenvalue weighted by molar-refractivity contribution is 7.51. The third-order valence-corrected chi connectivity index (χ3v) is 3.28. The van der Waals surface area contributed by atoms with Crippen molar-refractivity contribution in [3.05, 3.63) is 0 Å². The number of alkyl halides is 3. The Morgan fingerprint density at radius 3 is 2.38 bits per heavy atom. The Bertz CT molecular complexity index is 294. The van der Waals surface area contributed by atoms with Gasteiger partial charge in [0.05, 0.1) is 12.0 Å². The molecule has 1 amide bonds. The van der Waals surface area contributed by atoms with Crippen LogP contribution in [0.25, 0.3) is 0 Å². The summed E-state index contributed by atoms with van der Waals surface area (Å²) in [5, 5.41) is 0. The molecule has 0 unspecified atom stereocenters. The molecule has 0 radical (unpaired) electrons. The molecular formula is C6H11Cl3NO5P. The van der Waals surface area contributed by atoms with Gasteiger partial charge in [-0.15, -0.1) is 11.6 Å². The van der Waals surface area contributed by atoms with Gasteiger partial charge in [0.25, 0.3) is 4.52 Å². The third-order valence-electron chi connectivity index (χ3n) is 1.43. The maximum atomic E-state index is 11.3. The van der Waals surface area contributed by atoms with Crippen molar-refractivity contribution in [2.75, 3.05) is 25.6 Å². The zero-order valence-electron chi connectivity index (χ0n) is 8.27. The van der Waals surface area contributed by atoms with Crippen LogP contribution in [0.1, 0.15) is 0 Å². The largest absolute Gasteiger partial charge is 0.412 e. The van der Waals surface area contributed by atoms with E-state index in [0.717, 1.165) is 4.90 Å². The summed E-state index contributed by atoms with van der Waals surface area (Å²) in [5.41, 5.74) is 0. The molecule has 0 aliphatic carbocycles. The second-order valence-electron chi connectivity index (χ2n) is 2.95. The van der Waals surface area contributed by atoms with Gasteiger partial charge in [-0.3, -0.25) is 4.57 Å². The predicted octanol–water partition coefficient (Wildman–Crippen LogP) is 1.60. The van der Waals surface area contributed by atoms with Crippen molar-refractivity contribution in [1.82, 2.24) is 4.90 Å². The molecule has 10 heteroatoms. The Balaban J connectivity index is 4.15. The highest BCUT2D eigenvalue weighted by Gasteiger charge is 2.29. The Kier molecular flexibility index (Phi) is 6.40. The average molecular weight is 314 g/mol. The van der Waals surface area contributed by atoms with E-state index in [0.29, 0.717) is 0 Å². The first kappa shape index (κ1) is 16.3. The molecule has 0 aromatic carbocycles. The molecule has 0 aromatic heterocycles. The topological polar surface area (TPSA) is 87.1 Å². The monoisotopic (exact) mass is 313 g/mol. The van der Waals surface area contributed by atoms with E-state index in [1.807, 2.05) is 0 Å². The van der Waals surface area contributed by atoms with Crippen molar-refractivity contribution in [3.63, 3.8) is 0 Å². The highest BCUT2D eigenvalue weighted by atomic mass is 35.5. The first-order valence-corrected chi connectivity index (χ1v) is 7.09. The molecular weight excluding hydrogens is 303 g/mol. The van der Waals surface area contributed by atoms with Crippen LogP contribution in [0, 0.1) is 0 Å². The van der Waals surface area contributed by atoms with Gasteiger partial charge in [-0.2, -0.15) is 0 Å². The van der Waals surface area contributed by atoms with Gasteiger partial charge in [0.15, 0.2) is 0 Å². The molecule has 16 heavy (non-hydrogen) atoms. The minimum atomic E-state index is -4.16. The second-order valence-corrected chi connectivity index (χ2v) is 6.41. The van der Waals surface area contributed by atoms with Gasteiger partial charge >= 0.3 is 13.7 Å². The molecule has 96 valence electrons. The van der Waals surface area contributed by atoms with Crippen LogP contribution >= 0.6 is 42.4 Å². The quantitative estimate of drug-likeness (QED) is 0.594. The normalized spacial score (nSPS) is 12.4. The first-order chi connectivity index (χ1) is 7.07. The molecule has 0 rings (SSSR count). The van der Waals surface area contributed by atoms with Gasteiger partial charge in [0, 0.05) is 13.6 Å². The van der Waals surface area contributed by atoms with E-state index in [-0.39, 0.29) is 12.4 Å². The Labute approximate surface area is 108 Å². The van der Waals surface area contributed by atoms with Crippen LogP contribution in [0.3, 0.4) is 0 Å². The molecule has 6 nitrogen and oxygen atoms in total. The fourth-order valence-corrected chi connectivity index (χ4v) is 1.35. The lowest BCUT2D eigenvalue weighted by atomic mass is 10.6. The summed E-state index contributed by atoms with van der Waals surface area (Å²) >= 11 is 16.2. The van der Waals surface area contributed by atoms with Gasteiger partial charge in [0.2, 0.25) is 0 Å². The lowest BCUT2D eigenvalue weighted by Crippen LogP contribution is -2.35. The van der Waals surface area contributed by atoms with Gasteiger partial charge in [-0.1, -0.05) is 23.2 Å². The summed E-state index contributed by atoms with van der Waals surface area (Å²) in [5.74, 6) is -0.325. The van der Waals surface area contributed by atoms with E-state index in [2.05, 4.69) is 4.74 Å². The van der Waals surface area contributed by atoms with Crippen molar-refractivity contribution >= 4 is 48.5 Å². The van der Waals surface area contributed by atoms with Crippen LogP contribution in [0.15, 0.2) is 0 Å². The number of nitrogens with zero attached hydrogens (tertiary/aromatic N) is 1. The fourth-order valence-electron chi connectivity index (χ4n) is 0.604. The van der Waals surface area contributed by atoms with Crippen LogP contribution < -0.4 is 0 Å². The maximum absolute atomic E-state index is 11.3. The summed E-state index contributed by atoms with van der Waals surface area (Å²) < 4.78 is 13.2. The van der Waals surface area contributed by atoms with E-state index in [4.69, 9.17) is 44.6 Å². The molecule has 2 N–H and O–H groups in total. The standard InChI is InChI=1S/C6H11Cl3NO5P/c1-10(2-3-16(12,13)14)5(11)15-6(8,9)4-7/h2-4H2,1H3,(H2,12,13,14). The zero-order chi connectivity index (χ0) is 13.0. The third kappa shape index (κ3) is 7.54. The molecule has 0 aromatic rings. The number of hydrogen-bond donors (Lipinski definition) is 2. The first-order valence-electron chi connectivity index (χ1n) is 4.00. The highest BCUT2D eigenvalue weighted by Crippen LogP contribution is 2.33. The van der Waals surface area contributed by atoms with E-state index >= 15 is 0 Å². The SMILES string of the molecule is CN(CCP(=O)(O)O)C(=O)OC(Cl)(Cl)CCl. The molecule has 0 atom stereocenters. The van der Waals surface area contributed by atoms with Crippen molar-refractivity contribution in [3.8, 4) is 0 Å². The van der Waals surface area contributed by atoms with E-state index in [1.54, 1.807) is 0 Å². The van der Waals surface area contributed by atoms with Gasteiger partial charge in [-0.25, -0.2) is 4.79 Å². The summed E-state index contributed by atoms with van der Waals surface area (Å²) in [4.78, 5) is 29.4. The van der Waals surface area contributed by atoms with Crippen LogP contribution in [0.4, 0.5) is 4.79 Å². The molecule has 0 fully saturated rings. The fraction of sp³-hybridized carbons (Fsp3) is 0.833. The molecule has 0 heterocycles. The summed E-state index contributed by atoms with van der Waals surface area (Å²) in [6.45, 7) is -0.185. The van der Waals surface area contributed by atoms with Crippen molar-refractivity contribution < 1.29 is 23.9 Å². The molecule has 0 saturated heterocycles. The van der Waals surface area contributed by atoms with Crippen LogP contribution in [-0.4, -0.2) is 50.9 Å². The van der Waals surface area contributed by atoms with Crippen LogP contribution in [0.5, 0.6) is 0 Å². The number of rotatable bonds is 5. The van der Waals surface area contributed by atoms with Crippen molar-refractivity contribution in [2.24, 2.45) is 0 Å². The molecule has 0 saturated carbocycles. The van der Waals surface area contributed by atoms with Crippen LogP contribution in [0.2, 0.25) is 0 Å². The number of carbonyl (C=O) groups is 1. The Morgan fingerprint density at radius 1 is 1.50 bits per heavy atom. The molecule has 0 spiro atoms. The molecule has 0 bridgehead atoms. The van der Waals surface area contributed by atoms with E-state index in [9.17, 15) is 9.36 Å². The predicted molar refractivity (Wildman–Crippen MR) is 61.2 cm³/mol. The number of hydrogen-bond acceptors (Lipinski definition) is 3. The van der Waals surface area contributed by atoms with Crippen molar-refractivity contribution in [2.45, 2.75) is 4.52 Å². The minimum Gasteiger partial charge on any atom is -0.411 e. The van der Waals surface area contributed by atoms with E-state index < -0.39 is 24.4 Å². The number of ether oxygens (including phenoxy) is 1. The van der Waals surface area contributed by atoms with Gasteiger partial charge < -0.3 is 19.4 Å².